The topological polar surface area (TPSA) is 77.1 Å². The van der Waals surface area contributed by atoms with E-state index in [-0.39, 0.29) is 17.4 Å². The van der Waals surface area contributed by atoms with Gasteiger partial charge in [0.15, 0.2) is 0 Å². The van der Waals surface area contributed by atoms with Crippen molar-refractivity contribution in [3.8, 4) is 0 Å². The van der Waals surface area contributed by atoms with Crippen molar-refractivity contribution in [1.29, 1.82) is 0 Å². The lowest BCUT2D eigenvalue weighted by molar-refractivity contribution is -0.120. The standard InChI is InChI=1S/C17H21N3O2/c1-11(2)15(20-9-5-6-12(3)17(20)22)16(21)19-14-8-4-7-13(18)10-14/h4-11,15H,18H2,1-3H3,(H,19,21). The summed E-state index contributed by atoms with van der Waals surface area (Å²) in [7, 11) is 0. The Morgan fingerprint density at radius 3 is 2.59 bits per heavy atom. The number of pyridine rings is 1. The Morgan fingerprint density at radius 1 is 1.23 bits per heavy atom. The van der Waals surface area contributed by atoms with Gasteiger partial charge in [-0.05, 0) is 37.1 Å². The van der Waals surface area contributed by atoms with Gasteiger partial charge in [-0.2, -0.15) is 0 Å². The molecule has 0 saturated heterocycles. The first-order valence-electron chi connectivity index (χ1n) is 7.24. The molecule has 0 bridgehead atoms. The highest BCUT2D eigenvalue weighted by atomic mass is 16.2. The number of anilines is 2. The number of aromatic nitrogens is 1. The van der Waals surface area contributed by atoms with Crippen LogP contribution in [0.15, 0.2) is 47.4 Å². The highest BCUT2D eigenvalue weighted by Gasteiger charge is 2.25. The SMILES string of the molecule is Cc1cccn(C(C(=O)Nc2cccc(N)c2)C(C)C)c1=O. The minimum atomic E-state index is -0.575. The van der Waals surface area contributed by atoms with E-state index in [2.05, 4.69) is 5.32 Å². The van der Waals surface area contributed by atoms with E-state index in [0.29, 0.717) is 16.9 Å². The van der Waals surface area contributed by atoms with Crippen LogP contribution in [-0.2, 0) is 4.79 Å². The van der Waals surface area contributed by atoms with Crippen molar-refractivity contribution in [2.24, 2.45) is 5.92 Å². The molecule has 5 nitrogen and oxygen atoms in total. The molecule has 3 N–H and O–H groups in total. The minimum absolute atomic E-state index is 0.0273. The summed E-state index contributed by atoms with van der Waals surface area (Å²) in [6.07, 6.45) is 1.65. The van der Waals surface area contributed by atoms with Gasteiger partial charge in [0.1, 0.15) is 6.04 Å². The van der Waals surface area contributed by atoms with E-state index >= 15 is 0 Å². The lowest BCUT2D eigenvalue weighted by Crippen LogP contribution is -2.36. The number of hydrogen-bond donors (Lipinski definition) is 2. The van der Waals surface area contributed by atoms with Gasteiger partial charge in [-0.25, -0.2) is 0 Å². The molecule has 0 aliphatic carbocycles. The molecule has 2 rings (SSSR count). The van der Waals surface area contributed by atoms with Gasteiger partial charge in [-0.1, -0.05) is 26.0 Å². The number of hydrogen-bond acceptors (Lipinski definition) is 3. The second-order valence-electron chi connectivity index (χ2n) is 5.71. The molecule has 0 aliphatic heterocycles. The van der Waals surface area contributed by atoms with E-state index in [1.807, 2.05) is 13.8 Å². The van der Waals surface area contributed by atoms with E-state index in [4.69, 9.17) is 5.73 Å². The van der Waals surface area contributed by atoms with Gasteiger partial charge >= 0.3 is 0 Å². The van der Waals surface area contributed by atoms with E-state index in [1.165, 1.54) is 4.57 Å². The van der Waals surface area contributed by atoms with Crippen LogP contribution in [0.25, 0.3) is 0 Å². The van der Waals surface area contributed by atoms with Crippen molar-refractivity contribution in [3.05, 3.63) is 58.5 Å². The summed E-state index contributed by atoms with van der Waals surface area (Å²) in [5.41, 5.74) is 7.38. The zero-order valence-corrected chi connectivity index (χ0v) is 13.0. The van der Waals surface area contributed by atoms with Crippen LogP contribution in [0.5, 0.6) is 0 Å². The number of nitrogens with one attached hydrogen (secondary N) is 1. The number of carbonyl (C=O) groups excluding carboxylic acids is 1. The lowest BCUT2D eigenvalue weighted by atomic mass is 10.0. The second-order valence-corrected chi connectivity index (χ2v) is 5.71. The minimum Gasteiger partial charge on any atom is -0.399 e. The van der Waals surface area contributed by atoms with Crippen molar-refractivity contribution in [1.82, 2.24) is 4.57 Å². The Bertz CT molecular complexity index is 735. The van der Waals surface area contributed by atoms with Crippen LogP contribution in [0.4, 0.5) is 11.4 Å². The molecule has 1 heterocycles. The van der Waals surface area contributed by atoms with Crippen molar-refractivity contribution in [2.45, 2.75) is 26.8 Å². The van der Waals surface area contributed by atoms with Crippen molar-refractivity contribution in [2.75, 3.05) is 11.1 Å². The number of amides is 1. The summed E-state index contributed by atoms with van der Waals surface area (Å²) in [4.78, 5) is 24.9. The van der Waals surface area contributed by atoms with Gasteiger partial charge in [-0.3, -0.25) is 9.59 Å². The molecule has 2 aromatic rings. The van der Waals surface area contributed by atoms with Crippen LogP contribution in [0, 0.1) is 12.8 Å². The monoisotopic (exact) mass is 299 g/mol. The Hall–Kier alpha value is -2.56. The molecule has 1 amide bonds. The molecule has 1 atom stereocenters. The zero-order valence-electron chi connectivity index (χ0n) is 13.0. The number of carbonyl (C=O) groups is 1. The van der Waals surface area contributed by atoms with Crippen LogP contribution < -0.4 is 16.6 Å². The summed E-state index contributed by atoms with van der Waals surface area (Å²) in [6, 6.07) is 9.92. The van der Waals surface area contributed by atoms with E-state index in [1.54, 1.807) is 49.5 Å². The molecule has 5 heteroatoms. The molecule has 1 aromatic carbocycles. The van der Waals surface area contributed by atoms with Crippen LogP contribution in [0.2, 0.25) is 0 Å². The fraction of sp³-hybridized carbons (Fsp3) is 0.294. The molecule has 0 saturated carbocycles. The van der Waals surface area contributed by atoms with Gasteiger partial charge < -0.3 is 15.6 Å². The maximum Gasteiger partial charge on any atom is 0.254 e. The molecule has 0 fully saturated rings. The number of rotatable bonds is 4. The molecule has 1 unspecified atom stereocenters. The number of aryl methyl sites for hydroxylation is 1. The molecule has 0 aliphatic rings. The fourth-order valence-electron chi connectivity index (χ4n) is 2.42. The third kappa shape index (κ3) is 3.36. The van der Waals surface area contributed by atoms with Gasteiger partial charge in [0.25, 0.3) is 5.56 Å². The van der Waals surface area contributed by atoms with Gasteiger partial charge in [-0.15, -0.1) is 0 Å². The van der Waals surface area contributed by atoms with E-state index in [9.17, 15) is 9.59 Å². The summed E-state index contributed by atoms with van der Waals surface area (Å²) in [5.74, 6) is -0.256. The largest absolute Gasteiger partial charge is 0.399 e. The Labute approximate surface area is 129 Å². The van der Waals surface area contributed by atoms with Gasteiger partial charge in [0.2, 0.25) is 5.91 Å². The predicted molar refractivity (Wildman–Crippen MR) is 88.8 cm³/mol. The van der Waals surface area contributed by atoms with Crippen LogP contribution >= 0.6 is 0 Å². The molecule has 0 spiro atoms. The Morgan fingerprint density at radius 2 is 1.95 bits per heavy atom. The third-order valence-electron chi connectivity index (χ3n) is 3.52. The van der Waals surface area contributed by atoms with Crippen molar-refractivity contribution >= 4 is 17.3 Å². The first kappa shape index (κ1) is 15.8. The average molecular weight is 299 g/mol. The molecular weight excluding hydrogens is 278 g/mol. The first-order chi connectivity index (χ1) is 10.4. The van der Waals surface area contributed by atoms with Crippen LogP contribution in [0.3, 0.4) is 0 Å². The summed E-state index contributed by atoms with van der Waals surface area (Å²) in [5, 5.41) is 2.83. The molecular formula is C17H21N3O2. The van der Waals surface area contributed by atoms with Gasteiger partial charge in [0, 0.05) is 23.1 Å². The normalized spacial score (nSPS) is 12.2. The van der Waals surface area contributed by atoms with E-state index < -0.39 is 6.04 Å². The fourth-order valence-corrected chi connectivity index (χ4v) is 2.42. The highest BCUT2D eigenvalue weighted by molar-refractivity contribution is 5.94. The Kier molecular flexibility index (Phi) is 4.65. The van der Waals surface area contributed by atoms with Gasteiger partial charge in [0.05, 0.1) is 0 Å². The zero-order chi connectivity index (χ0) is 16.3. The number of benzene rings is 1. The molecule has 22 heavy (non-hydrogen) atoms. The molecule has 0 radical (unpaired) electrons. The summed E-state index contributed by atoms with van der Waals surface area (Å²) < 4.78 is 1.49. The second kappa shape index (κ2) is 6.47. The quantitative estimate of drug-likeness (QED) is 0.852. The number of nitrogen functional groups attached to an aromatic ring is 1. The van der Waals surface area contributed by atoms with Crippen molar-refractivity contribution < 1.29 is 4.79 Å². The summed E-state index contributed by atoms with van der Waals surface area (Å²) >= 11 is 0. The van der Waals surface area contributed by atoms with E-state index in [0.717, 1.165) is 0 Å². The first-order valence-corrected chi connectivity index (χ1v) is 7.24. The third-order valence-corrected chi connectivity index (χ3v) is 3.52. The number of nitrogens with zero attached hydrogens (tertiary/aromatic N) is 1. The smallest absolute Gasteiger partial charge is 0.254 e. The molecule has 116 valence electrons. The maximum atomic E-state index is 12.6. The highest BCUT2D eigenvalue weighted by Crippen LogP contribution is 2.20. The Balaban J connectivity index is 2.34. The van der Waals surface area contributed by atoms with Crippen LogP contribution in [-0.4, -0.2) is 10.5 Å². The van der Waals surface area contributed by atoms with Crippen LogP contribution in [0.1, 0.15) is 25.5 Å². The maximum absolute atomic E-state index is 12.6. The summed E-state index contributed by atoms with van der Waals surface area (Å²) in [6.45, 7) is 5.57. The predicted octanol–water partition coefficient (Wildman–Crippen LogP) is 2.57. The lowest BCUT2D eigenvalue weighted by Gasteiger charge is -2.23. The number of nitrogens with two attached hydrogens (primary N) is 1. The molecule has 1 aromatic heterocycles. The average Bonchev–Trinajstić information content (AvgIpc) is 2.43. The van der Waals surface area contributed by atoms with Crippen molar-refractivity contribution in [3.63, 3.8) is 0 Å².